The van der Waals surface area contributed by atoms with Crippen molar-refractivity contribution in [2.75, 3.05) is 4.90 Å². The summed E-state index contributed by atoms with van der Waals surface area (Å²) in [5, 5.41) is 12.8. The molecule has 69 heavy (non-hydrogen) atoms. The SMILES string of the molecule is Bc1c(B)c(B)c2c(c1B)c(B)c(B)c1c(-c3ccc(N(c4cc(-c5ccccc5)cc(-c5cccc6c5oc5ccccc56)c4)c4ccc5ccc6ccccc6c5c4)cc3)c(B)c(B)c(B)c12. The predicted molar refractivity (Wildman–Crippen MR) is 328 cm³/mol. The molecule has 12 rings (SSSR count). The van der Waals surface area contributed by atoms with Gasteiger partial charge in [-0.2, -0.15) is 0 Å². The van der Waals surface area contributed by atoms with E-state index in [1.54, 1.807) is 0 Å². The quantitative estimate of drug-likeness (QED) is 0.184. The van der Waals surface area contributed by atoms with Gasteiger partial charge in [0.15, 0.2) is 0 Å². The maximum atomic E-state index is 6.70. The lowest BCUT2D eigenvalue weighted by Crippen LogP contribution is -2.51. The van der Waals surface area contributed by atoms with E-state index in [4.69, 9.17) is 4.42 Å². The molecular weight excluding hydrogens is 824 g/mol. The van der Waals surface area contributed by atoms with Gasteiger partial charge in [0.25, 0.3) is 0 Å². The average Bonchev–Trinajstić information content (AvgIpc) is 3.77. The molecule has 316 valence electrons. The maximum Gasteiger partial charge on any atom is 0.143 e. The second-order valence-corrected chi connectivity index (χ2v) is 19.5. The molecule has 11 aromatic carbocycles. The first-order valence-electron chi connectivity index (χ1n) is 24.3. The minimum atomic E-state index is 0.894. The van der Waals surface area contributed by atoms with Crippen molar-refractivity contribution in [2.45, 2.75) is 0 Å². The molecule has 0 aliphatic carbocycles. The Bertz CT molecular complexity index is 4130. The lowest BCUT2D eigenvalue weighted by molar-refractivity contribution is 0.670. The fraction of sp³-hybridized carbons (Fsp3) is 0. The number of rotatable bonds is 6. The molecule has 0 bridgehead atoms. The Kier molecular flexibility index (Phi) is 10.2. The van der Waals surface area contributed by atoms with Gasteiger partial charge in [-0.3, -0.25) is 0 Å². The Labute approximate surface area is 412 Å². The lowest BCUT2D eigenvalue weighted by atomic mass is 9.58. The molecule has 0 N–H and O–H groups in total. The van der Waals surface area contributed by atoms with Gasteiger partial charge in [-0.25, -0.2) is 0 Å². The van der Waals surface area contributed by atoms with Crippen LogP contribution in [0, 0.1) is 0 Å². The van der Waals surface area contributed by atoms with Crippen LogP contribution in [0.3, 0.4) is 0 Å². The first-order chi connectivity index (χ1) is 33.5. The van der Waals surface area contributed by atoms with Gasteiger partial charge >= 0.3 is 0 Å². The molecule has 0 aliphatic heterocycles. The highest BCUT2D eigenvalue weighted by atomic mass is 16.3. The van der Waals surface area contributed by atoms with Gasteiger partial charge in [-0.15, -0.1) is 16.4 Å². The minimum Gasteiger partial charge on any atom is -0.455 e. The predicted octanol–water partition coefficient (Wildman–Crippen LogP) is 0.995. The van der Waals surface area contributed by atoms with E-state index in [-0.39, 0.29) is 0 Å². The third kappa shape index (κ3) is 6.68. The van der Waals surface area contributed by atoms with Gasteiger partial charge in [0.1, 0.15) is 81.8 Å². The summed E-state index contributed by atoms with van der Waals surface area (Å²) in [7, 11) is 20.9. The van der Waals surface area contributed by atoms with Gasteiger partial charge in [0.2, 0.25) is 0 Å². The van der Waals surface area contributed by atoms with E-state index in [0.29, 0.717) is 0 Å². The zero-order valence-corrected chi connectivity index (χ0v) is 41.0. The fourth-order valence-corrected chi connectivity index (χ4v) is 11.7. The Morgan fingerprint density at radius 2 is 0.855 bits per heavy atom. The van der Waals surface area contributed by atoms with Crippen molar-refractivity contribution in [3.05, 3.63) is 170 Å². The number of furan rings is 1. The van der Waals surface area contributed by atoms with Crippen molar-refractivity contribution in [3.8, 4) is 33.4 Å². The molecule has 1 aromatic heterocycles. The van der Waals surface area contributed by atoms with Crippen LogP contribution >= 0.6 is 0 Å². The van der Waals surface area contributed by atoms with Crippen LogP contribution in [0.4, 0.5) is 17.1 Å². The van der Waals surface area contributed by atoms with Crippen LogP contribution in [0.15, 0.2) is 174 Å². The van der Waals surface area contributed by atoms with E-state index in [2.05, 4.69) is 239 Å². The van der Waals surface area contributed by atoms with Crippen LogP contribution in [-0.4, -0.2) is 70.6 Å². The molecule has 2 nitrogen and oxygen atoms in total. The number of anilines is 3. The molecule has 12 aromatic rings. The van der Waals surface area contributed by atoms with E-state index in [1.807, 2.05) is 6.07 Å². The van der Waals surface area contributed by atoms with E-state index in [1.165, 1.54) is 103 Å². The van der Waals surface area contributed by atoms with Crippen LogP contribution in [0.25, 0.3) is 98.4 Å². The van der Waals surface area contributed by atoms with E-state index in [0.717, 1.165) is 61.3 Å². The summed E-state index contributed by atoms with van der Waals surface area (Å²) < 4.78 is 6.70. The minimum absolute atomic E-state index is 0.894. The maximum absolute atomic E-state index is 6.70. The third-order valence-corrected chi connectivity index (χ3v) is 16.0. The molecule has 0 aliphatic rings. The van der Waals surface area contributed by atoms with Crippen LogP contribution in [0.2, 0.25) is 0 Å². The number of nitrogens with zero attached hydrogens (tertiary/aromatic N) is 1. The largest absolute Gasteiger partial charge is 0.455 e. The zero-order valence-electron chi connectivity index (χ0n) is 41.0. The highest BCUT2D eigenvalue weighted by molar-refractivity contribution is 6.73. The lowest BCUT2D eigenvalue weighted by Gasteiger charge is -2.28. The van der Waals surface area contributed by atoms with Gasteiger partial charge in [-0.05, 0) is 119 Å². The Morgan fingerprint density at radius 3 is 1.61 bits per heavy atom. The van der Waals surface area contributed by atoms with Gasteiger partial charge in [0.05, 0.1) is 0 Å². The second-order valence-electron chi connectivity index (χ2n) is 19.5. The summed E-state index contributed by atoms with van der Waals surface area (Å²) >= 11 is 0. The summed E-state index contributed by atoms with van der Waals surface area (Å²) in [6, 6.07) is 62.2. The second kappa shape index (κ2) is 16.4. The van der Waals surface area contributed by atoms with E-state index >= 15 is 0 Å². The fourth-order valence-electron chi connectivity index (χ4n) is 11.7. The van der Waals surface area contributed by atoms with E-state index in [9.17, 15) is 0 Å². The van der Waals surface area contributed by atoms with Gasteiger partial charge in [-0.1, -0.05) is 154 Å². The Balaban J connectivity index is 1.11. The van der Waals surface area contributed by atoms with Crippen molar-refractivity contribution >= 4 is 202 Å². The van der Waals surface area contributed by atoms with Crippen LogP contribution in [0.5, 0.6) is 0 Å². The van der Waals surface area contributed by atoms with E-state index < -0.39 is 0 Å². The van der Waals surface area contributed by atoms with Gasteiger partial charge in [0, 0.05) is 33.4 Å². The molecule has 0 atom stereocenters. The first kappa shape index (κ1) is 43.0. The van der Waals surface area contributed by atoms with Crippen molar-refractivity contribution in [1.29, 1.82) is 0 Å². The summed E-state index contributed by atoms with van der Waals surface area (Å²) in [6.07, 6.45) is 0. The van der Waals surface area contributed by atoms with Crippen molar-refractivity contribution in [1.82, 2.24) is 0 Å². The van der Waals surface area contributed by atoms with Crippen molar-refractivity contribution in [3.63, 3.8) is 0 Å². The molecule has 11 heteroatoms. The molecule has 0 fully saturated rings. The van der Waals surface area contributed by atoms with Crippen LogP contribution in [0.1, 0.15) is 0 Å². The zero-order chi connectivity index (χ0) is 47.4. The number of hydrogen-bond donors (Lipinski definition) is 0. The molecule has 0 unspecified atom stereocenters. The molecule has 0 saturated carbocycles. The number of fused-ring (bicyclic) bond motifs is 9. The molecule has 1 heterocycles. The molecule has 0 radical (unpaired) electrons. The summed E-state index contributed by atoms with van der Waals surface area (Å²) in [4.78, 5) is 2.45. The third-order valence-electron chi connectivity index (χ3n) is 16.0. The highest BCUT2D eigenvalue weighted by Gasteiger charge is 2.24. The number of benzene rings is 11. The Hall–Kier alpha value is -7.36. The van der Waals surface area contributed by atoms with Gasteiger partial charge < -0.3 is 9.32 Å². The van der Waals surface area contributed by atoms with Crippen LogP contribution < -0.4 is 54.1 Å². The van der Waals surface area contributed by atoms with Crippen molar-refractivity contribution in [2.24, 2.45) is 0 Å². The van der Waals surface area contributed by atoms with Crippen molar-refractivity contribution < 1.29 is 4.42 Å². The normalized spacial score (nSPS) is 11.7. The summed E-state index contributed by atoms with van der Waals surface area (Å²) in [5.41, 5.74) is 24.4. The highest BCUT2D eigenvalue weighted by Crippen LogP contribution is 2.44. The summed E-state index contributed by atoms with van der Waals surface area (Å²) in [5.74, 6) is 0. The smallest absolute Gasteiger partial charge is 0.143 e. The molecule has 0 amide bonds. The molecule has 0 spiro atoms. The average molecular weight is 870 g/mol. The topological polar surface area (TPSA) is 16.4 Å². The monoisotopic (exact) mass is 871 g/mol. The number of hydrogen-bond acceptors (Lipinski definition) is 2. The van der Waals surface area contributed by atoms with Crippen LogP contribution in [-0.2, 0) is 0 Å². The Morgan fingerprint density at radius 1 is 0.304 bits per heavy atom. The standard InChI is InChI=1S/C58H46B9NO/c59-49-44(45-46(51(61)55(49)65)47-48(53(63)50(45)60)54(64)57(67)56(66)52(47)62)32-20-22-35(23-21-32)68(36-24-19-31-18-17-30-11-4-5-12-38(30)42(31)28-36)37-26-33(29-9-2-1-3-10-29)25-34(27-37)39-14-8-15-41-40-13-6-7-16-43(40)69-58(39)41/h1-28H,59-67H2. The number of para-hydroxylation sites is 2. The summed E-state index contributed by atoms with van der Waals surface area (Å²) in [6.45, 7) is 0. The first-order valence-corrected chi connectivity index (χ1v) is 24.3. The molecular formula is C58H46B9NO. The molecule has 0 saturated heterocycles.